The van der Waals surface area contributed by atoms with Gasteiger partial charge in [-0.15, -0.1) is 0 Å². The fourth-order valence-corrected chi connectivity index (χ4v) is 5.52. The van der Waals surface area contributed by atoms with Gasteiger partial charge in [-0.3, -0.25) is 9.59 Å². The molecule has 2 aromatic carbocycles. The van der Waals surface area contributed by atoms with Crippen molar-refractivity contribution in [1.82, 2.24) is 20.1 Å². The molecule has 1 saturated heterocycles. The normalized spacial score (nSPS) is 16.3. The molecule has 44 heavy (non-hydrogen) atoms. The Morgan fingerprint density at radius 3 is 2.61 bits per heavy atom. The molecule has 2 aromatic heterocycles. The summed E-state index contributed by atoms with van der Waals surface area (Å²) < 4.78 is 11.8. The van der Waals surface area contributed by atoms with Gasteiger partial charge in [0.05, 0.1) is 41.2 Å². The summed E-state index contributed by atoms with van der Waals surface area (Å²) in [7, 11) is 2.90. The number of aryl methyl sites for hydroxylation is 1. The lowest BCUT2D eigenvalue weighted by atomic mass is 10.00. The first-order valence-corrected chi connectivity index (χ1v) is 14.4. The smallest absolute Gasteiger partial charge is 0.279 e. The van der Waals surface area contributed by atoms with Gasteiger partial charge in [0.1, 0.15) is 11.6 Å². The van der Waals surface area contributed by atoms with Crippen LogP contribution in [0.25, 0.3) is 22.4 Å². The van der Waals surface area contributed by atoms with E-state index in [1.807, 2.05) is 30.3 Å². The second-order valence-electron chi connectivity index (χ2n) is 10.1. The Hall–Kier alpha value is -4.31. The molecule has 0 spiro atoms. The third-order valence-electron chi connectivity index (χ3n) is 7.25. The maximum Gasteiger partial charge on any atom is 0.279 e. The maximum atomic E-state index is 13.0. The van der Waals surface area contributed by atoms with Gasteiger partial charge in [-0.1, -0.05) is 59.6 Å². The lowest BCUT2D eigenvalue weighted by Gasteiger charge is -2.28. The van der Waals surface area contributed by atoms with Crippen molar-refractivity contribution in [3.63, 3.8) is 0 Å². The van der Waals surface area contributed by atoms with Crippen LogP contribution in [0.2, 0.25) is 10.0 Å². The monoisotopic (exact) mass is 634 g/mol. The number of amides is 1. The number of rotatable bonds is 8. The number of aromatic nitrogens is 3. The zero-order valence-corrected chi connectivity index (χ0v) is 25.3. The number of aliphatic hydroxyl groups excluding tert-OH is 1. The van der Waals surface area contributed by atoms with Crippen LogP contribution in [-0.2, 0) is 18.3 Å². The molecule has 3 N–H and O–H groups in total. The number of nitriles is 1. The van der Waals surface area contributed by atoms with Crippen LogP contribution in [-0.4, -0.2) is 58.2 Å². The van der Waals surface area contributed by atoms with Crippen LogP contribution in [0.3, 0.4) is 0 Å². The van der Waals surface area contributed by atoms with Gasteiger partial charge in [0.15, 0.2) is 5.69 Å². The minimum absolute atomic E-state index is 0.0756. The SMILES string of the molecule is COc1nc(-c2cccc(-c3cccc(NC(=O)c4cc(C#N)nn(C)c4=O)c3Cl)c2Cl)ccc1CN[C@@H]1CCOC[C@@H]1O. The van der Waals surface area contributed by atoms with Crippen LogP contribution in [0.5, 0.6) is 5.88 Å². The summed E-state index contributed by atoms with van der Waals surface area (Å²) in [4.78, 5) is 30.2. The molecule has 0 unspecified atom stereocenters. The number of anilines is 1. The van der Waals surface area contributed by atoms with Gasteiger partial charge in [0.2, 0.25) is 5.88 Å². The molecule has 0 aliphatic carbocycles. The molecular formula is C31H28Cl2N6O5. The average Bonchev–Trinajstić information content (AvgIpc) is 3.03. The fourth-order valence-electron chi connectivity index (χ4n) is 4.92. The molecule has 1 aliphatic rings. The number of nitrogens with one attached hydrogen (secondary N) is 2. The Morgan fingerprint density at radius 2 is 1.89 bits per heavy atom. The molecule has 4 aromatic rings. The summed E-state index contributed by atoms with van der Waals surface area (Å²) in [6, 6.07) is 17.1. The summed E-state index contributed by atoms with van der Waals surface area (Å²) in [6.45, 7) is 1.34. The highest BCUT2D eigenvalue weighted by Crippen LogP contribution is 2.41. The van der Waals surface area contributed by atoms with E-state index < -0.39 is 17.6 Å². The first-order valence-electron chi connectivity index (χ1n) is 13.6. The highest BCUT2D eigenvalue weighted by atomic mass is 35.5. The van der Waals surface area contributed by atoms with Gasteiger partial charge in [-0.25, -0.2) is 9.67 Å². The highest BCUT2D eigenvalue weighted by molar-refractivity contribution is 6.39. The topological polar surface area (TPSA) is 151 Å². The van der Waals surface area contributed by atoms with Crippen molar-refractivity contribution in [2.45, 2.75) is 25.1 Å². The Kier molecular flexibility index (Phi) is 9.58. The van der Waals surface area contributed by atoms with Crippen molar-refractivity contribution >= 4 is 34.8 Å². The lowest BCUT2D eigenvalue weighted by molar-refractivity contribution is -0.0281. The number of carbonyl (C=O) groups excluding carboxylic acids is 1. The number of carbonyl (C=O) groups is 1. The van der Waals surface area contributed by atoms with E-state index in [2.05, 4.69) is 15.7 Å². The largest absolute Gasteiger partial charge is 0.481 e. The van der Waals surface area contributed by atoms with Crippen LogP contribution < -0.4 is 20.9 Å². The summed E-state index contributed by atoms with van der Waals surface area (Å²) in [6.07, 6.45) is 0.122. The molecule has 0 radical (unpaired) electrons. The first kappa shape index (κ1) is 31.1. The summed E-state index contributed by atoms with van der Waals surface area (Å²) >= 11 is 13.7. The zero-order chi connectivity index (χ0) is 31.4. The van der Waals surface area contributed by atoms with Crippen LogP contribution in [0.1, 0.15) is 28.0 Å². The standard InChI is InChI=1S/C31H28Cl2N6O5/c1-39-31(42)22(13-18(14-34)38-39)29(41)36-25-8-4-6-20(28(25)33)19-5-3-7-21(27(19)32)23-10-9-17(30(37-23)43-2)15-35-24-11-12-44-16-26(24)40/h3-10,13,24,26,35,40H,11-12,15-16H2,1-2H3,(H,36,41)/t24-,26+/m1/s1. The molecule has 3 heterocycles. The zero-order valence-electron chi connectivity index (χ0n) is 23.8. The number of methoxy groups -OCH3 is 1. The predicted octanol–water partition coefficient (Wildman–Crippen LogP) is 4.19. The third kappa shape index (κ3) is 6.45. The Labute approximate surface area is 263 Å². The second-order valence-corrected chi connectivity index (χ2v) is 10.8. The van der Waals surface area contributed by atoms with Crippen molar-refractivity contribution in [2.24, 2.45) is 7.05 Å². The van der Waals surface area contributed by atoms with Crippen LogP contribution >= 0.6 is 23.2 Å². The molecule has 0 saturated carbocycles. The number of aliphatic hydroxyl groups is 1. The number of hydrogen-bond donors (Lipinski definition) is 3. The van der Waals surface area contributed by atoms with Crippen molar-refractivity contribution in [2.75, 3.05) is 25.6 Å². The minimum Gasteiger partial charge on any atom is -0.481 e. The molecule has 13 heteroatoms. The van der Waals surface area contributed by atoms with Crippen LogP contribution in [0.4, 0.5) is 5.69 Å². The molecule has 11 nitrogen and oxygen atoms in total. The second kappa shape index (κ2) is 13.5. The maximum absolute atomic E-state index is 13.0. The first-order chi connectivity index (χ1) is 21.2. The van der Waals surface area contributed by atoms with E-state index in [-0.39, 0.29) is 28.0 Å². The van der Waals surface area contributed by atoms with E-state index in [0.29, 0.717) is 59.5 Å². The predicted molar refractivity (Wildman–Crippen MR) is 166 cm³/mol. The van der Waals surface area contributed by atoms with Gasteiger partial charge in [0.25, 0.3) is 11.5 Å². The number of benzene rings is 2. The molecule has 5 rings (SSSR count). The number of ether oxygens (including phenoxy) is 2. The van der Waals surface area contributed by atoms with Gasteiger partial charge in [-0.2, -0.15) is 10.4 Å². The summed E-state index contributed by atoms with van der Waals surface area (Å²) in [5.41, 5.74) is 2.44. The van der Waals surface area contributed by atoms with E-state index in [0.717, 1.165) is 16.3 Å². The van der Waals surface area contributed by atoms with Crippen molar-refractivity contribution in [3.8, 4) is 34.3 Å². The molecular weight excluding hydrogens is 607 g/mol. The van der Waals surface area contributed by atoms with Crippen molar-refractivity contribution in [3.05, 3.63) is 91.8 Å². The minimum atomic E-state index is -0.736. The fraction of sp³-hybridized carbons (Fsp3) is 0.258. The van der Waals surface area contributed by atoms with Crippen molar-refractivity contribution in [1.29, 1.82) is 5.26 Å². The Bertz CT molecular complexity index is 1820. The molecule has 1 amide bonds. The van der Waals surface area contributed by atoms with Crippen LogP contribution in [0.15, 0.2) is 59.4 Å². The number of hydrogen-bond acceptors (Lipinski definition) is 9. The van der Waals surface area contributed by atoms with E-state index in [1.165, 1.54) is 7.05 Å². The van der Waals surface area contributed by atoms with E-state index >= 15 is 0 Å². The van der Waals surface area contributed by atoms with Crippen LogP contribution in [0, 0.1) is 11.3 Å². The summed E-state index contributed by atoms with van der Waals surface area (Å²) in [5.74, 6) is -0.317. The average molecular weight is 636 g/mol. The molecule has 1 fully saturated rings. The Morgan fingerprint density at radius 1 is 1.16 bits per heavy atom. The molecule has 226 valence electrons. The van der Waals surface area contributed by atoms with Gasteiger partial charge in [-0.05, 0) is 24.6 Å². The summed E-state index contributed by atoms with van der Waals surface area (Å²) in [5, 5.41) is 29.8. The van der Waals surface area contributed by atoms with Gasteiger partial charge >= 0.3 is 0 Å². The quantitative estimate of drug-likeness (QED) is 0.259. The van der Waals surface area contributed by atoms with E-state index in [1.54, 1.807) is 31.4 Å². The van der Waals surface area contributed by atoms with Crippen molar-refractivity contribution < 1.29 is 19.4 Å². The molecule has 0 bridgehead atoms. The number of nitrogens with zero attached hydrogens (tertiary/aromatic N) is 4. The lowest BCUT2D eigenvalue weighted by Crippen LogP contribution is -2.46. The van der Waals surface area contributed by atoms with E-state index in [9.17, 15) is 20.0 Å². The molecule has 1 aliphatic heterocycles. The third-order valence-corrected chi connectivity index (χ3v) is 8.06. The van der Waals surface area contributed by atoms with E-state index in [4.69, 9.17) is 37.7 Å². The number of pyridine rings is 1. The highest BCUT2D eigenvalue weighted by Gasteiger charge is 2.24. The van der Waals surface area contributed by atoms with Gasteiger partial charge < -0.3 is 25.2 Å². The van der Waals surface area contributed by atoms with Gasteiger partial charge in [0, 0.05) is 48.5 Å². The molecule has 2 atom stereocenters. The Balaban J connectivity index is 1.42. The number of halogens is 2.